The molecule has 0 N–H and O–H groups in total. The number of hydrogen-bond acceptors (Lipinski definition) is 2. The van der Waals surface area contributed by atoms with Gasteiger partial charge in [-0.1, -0.05) is 0 Å². The fraction of sp³-hybridized carbons (Fsp3) is 0.545. The van der Waals surface area contributed by atoms with Crippen molar-refractivity contribution in [1.82, 2.24) is 0 Å². The average molecular weight is 230 g/mol. The Morgan fingerprint density at radius 2 is 2.27 bits per heavy atom. The number of alkyl halides is 2. The molecule has 0 saturated heterocycles. The lowest BCUT2D eigenvalue weighted by Crippen LogP contribution is -2.14. The molecule has 1 unspecified atom stereocenters. The van der Waals surface area contributed by atoms with Crippen molar-refractivity contribution >= 4 is 17.1 Å². The molecule has 1 saturated carbocycles. The number of carbonyl (C=O) groups is 1. The van der Waals surface area contributed by atoms with Gasteiger partial charge in [-0.05, 0) is 25.5 Å². The monoisotopic (exact) mass is 230 g/mol. The minimum Gasteiger partial charge on any atom is -0.293 e. The molecule has 0 aliphatic heterocycles. The molecular formula is C11H12F2OS. The number of thiophene rings is 1. The molecule has 1 aliphatic rings. The van der Waals surface area contributed by atoms with Crippen molar-refractivity contribution in [3.8, 4) is 0 Å². The second-order valence-electron chi connectivity index (χ2n) is 4.07. The maximum Gasteiger partial charge on any atom is 0.248 e. The van der Waals surface area contributed by atoms with E-state index in [9.17, 15) is 13.6 Å². The predicted molar refractivity (Wildman–Crippen MR) is 55.7 cm³/mol. The maximum atomic E-state index is 12.9. The Morgan fingerprint density at radius 1 is 1.53 bits per heavy atom. The molecule has 1 atom stereocenters. The molecule has 1 aliphatic carbocycles. The van der Waals surface area contributed by atoms with Gasteiger partial charge in [0.2, 0.25) is 5.92 Å². The summed E-state index contributed by atoms with van der Waals surface area (Å²) in [4.78, 5) is 13.5. The zero-order chi connectivity index (χ0) is 11.1. The van der Waals surface area contributed by atoms with Gasteiger partial charge in [0.1, 0.15) is 0 Å². The second kappa shape index (κ2) is 3.67. The predicted octanol–water partition coefficient (Wildman–Crippen LogP) is 3.67. The Hall–Kier alpha value is -0.770. The highest BCUT2D eigenvalue weighted by Gasteiger charge is 2.42. The van der Waals surface area contributed by atoms with Gasteiger partial charge in [-0.2, -0.15) is 0 Å². The standard InChI is InChI=1S/C11H12F2OS/c1-7-2-3-9(15-7)10(14)8-4-5-11(12,13)6-8/h2-3,8H,4-6H2,1H3. The van der Waals surface area contributed by atoms with Crippen molar-refractivity contribution in [1.29, 1.82) is 0 Å². The second-order valence-corrected chi connectivity index (χ2v) is 5.36. The summed E-state index contributed by atoms with van der Waals surface area (Å²) in [5.74, 6) is -3.21. The molecule has 1 heterocycles. The molecule has 1 aromatic rings. The summed E-state index contributed by atoms with van der Waals surface area (Å²) in [7, 11) is 0. The van der Waals surface area contributed by atoms with Gasteiger partial charge >= 0.3 is 0 Å². The van der Waals surface area contributed by atoms with Gasteiger partial charge in [0.15, 0.2) is 5.78 Å². The molecule has 2 rings (SSSR count). The molecule has 0 amide bonds. The molecule has 1 nitrogen and oxygen atoms in total. The van der Waals surface area contributed by atoms with E-state index in [4.69, 9.17) is 0 Å². The van der Waals surface area contributed by atoms with E-state index < -0.39 is 11.8 Å². The molecule has 0 aromatic carbocycles. The lowest BCUT2D eigenvalue weighted by atomic mass is 10.0. The van der Waals surface area contributed by atoms with Gasteiger partial charge in [-0.3, -0.25) is 4.79 Å². The van der Waals surface area contributed by atoms with Crippen LogP contribution in [0.5, 0.6) is 0 Å². The Kier molecular flexibility index (Phi) is 2.63. The number of ketones is 1. The summed E-state index contributed by atoms with van der Waals surface area (Å²) in [6.45, 7) is 1.91. The van der Waals surface area contributed by atoms with E-state index in [0.717, 1.165) is 4.88 Å². The first-order chi connectivity index (χ1) is 6.98. The highest BCUT2D eigenvalue weighted by Crippen LogP contribution is 2.40. The van der Waals surface area contributed by atoms with Gasteiger partial charge in [-0.25, -0.2) is 8.78 Å². The van der Waals surface area contributed by atoms with Crippen LogP contribution in [0.2, 0.25) is 0 Å². The van der Waals surface area contributed by atoms with Crippen LogP contribution in [0.4, 0.5) is 8.78 Å². The molecule has 0 bridgehead atoms. The topological polar surface area (TPSA) is 17.1 Å². The van der Waals surface area contributed by atoms with Crippen molar-refractivity contribution in [2.45, 2.75) is 32.1 Å². The van der Waals surface area contributed by atoms with Crippen LogP contribution in [0.3, 0.4) is 0 Å². The third-order valence-electron chi connectivity index (χ3n) is 2.76. The Bertz CT molecular complexity index is 384. The molecule has 4 heteroatoms. The van der Waals surface area contributed by atoms with Gasteiger partial charge in [0.05, 0.1) is 4.88 Å². The molecule has 15 heavy (non-hydrogen) atoms. The molecular weight excluding hydrogens is 218 g/mol. The van der Waals surface area contributed by atoms with Crippen LogP contribution in [0.25, 0.3) is 0 Å². The number of carbonyl (C=O) groups excluding carboxylic acids is 1. The van der Waals surface area contributed by atoms with E-state index in [-0.39, 0.29) is 18.6 Å². The van der Waals surface area contributed by atoms with Gasteiger partial charge in [-0.15, -0.1) is 11.3 Å². The number of hydrogen-bond donors (Lipinski definition) is 0. The van der Waals surface area contributed by atoms with Crippen LogP contribution < -0.4 is 0 Å². The van der Waals surface area contributed by atoms with Crippen molar-refractivity contribution in [3.05, 3.63) is 21.9 Å². The molecule has 0 spiro atoms. The highest BCUT2D eigenvalue weighted by molar-refractivity contribution is 7.14. The lowest BCUT2D eigenvalue weighted by Gasteiger charge is -2.08. The van der Waals surface area contributed by atoms with Crippen LogP contribution in [-0.2, 0) is 0 Å². The van der Waals surface area contributed by atoms with E-state index in [2.05, 4.69) is 0 Å². The van der Waals surface area contributed by atoms with E-state index in [1.54, 1.807) is 6.07 Å². The van der Waals surface area contributed by atoms with Crippen LogP contribution in [0.15, 0.2) is 12.1 Å². The normalized spacial score (nSPS) is 24.3. The zero-order valence-corrected chi connectivity index (χ0v) is 9.24. The first-order valence-corrected chi connectivity index (χ1v) is 5.78. The highest BCUT2D eigenvalue weighted by atomic mass is 32.1. The van der Waals surface area contributed by atoms with Gasteiger partial charge in [0.25, 0.3) is 0 Å². The lowest BCUT2D eigenvalue weighted by molar-refractivity contribution is 0.00532. The summed E-state index contributed by atoms with van der Waals surface area (Å²) >= 11 is 1.39. The van der Waals surface area contributed by atoms with Gasteiger partial charge in [0, 0.05) is 23.6 Å². The average Bonchev–Trinajstić information content (AvgIpc) is 2.71. The molecule has 1 aromatic heterocycles. The van der Waals surface area contributed by atoms with Crippen molar-refractivity contribution < 1.29 is 13.6 Å². The van der Waals surface area contributed by atoms with Crippen molar-refractivity contribution in [3.63, 3.8) is 0 Å². The fourth-order valence-corrected chi connectivity index (χ4v) is 2.83. The number of aryl methyl sites for hydroxylation is 1. The summed E-state index contributed by atoms with van der Waals surface area (Å²) in [6, 6.07) is 3.59. The molecule has 0 radical (unpaired) electrons. The van der Waals surface area contributed by atoms with E-state index in [1.807, 2.05) is 13.0 Å². The molecule has 1 fully saturated rings. The summed E-state index contributed by atoms with van der Waals surface area (Å²) < 4.78 is 25.9. The van der Waals surface area contributed by atoms with Crippen LogP contribution in [0, 0.1) is 12.8 Å². The van der Waals surface area contributed by atoms with Crippen molar-refractivity contribution in [2.75, 3.05) is 0 Å². The number of Topliss-reactive ketones (excluding diaryl/α,β-unsaturated/α-hetero) is 1. The number of rotatable bonds is 2. The Labute approximate surface area is 91.1 Å². The van der Waals surface area contributed by atoms with Crippen LogP contribution >= 0.6 is 11.3 Å². The summed E-state index contributed by atoms with van der Waals surface area (Å²) in [5.41, 5.74) is 0. The number of halogens is 2. The third kappa shape index (κ3) is 2.25. The fourth-order valence-electron chi connectivity index (χ4n) is 1.94. The first-order valence-electron chi connectivity index (χ1n) is 4.96. The smallest absolute Gasteiger partial charge is 0.248 e. The van der Waals surface area contributed by atoms with Gasteiger partial charge < -0.3 is 0 Å². The minimum atomic E-state index is -2.63. The summed E-state index contributed by atoms with van der Waals surface area (Å²) in [5, 5.41) is 0. The Morgan fingerprint density at radius 3 is 2.73 bits per heavy atom. The van der Waals surface area contributed by atoms with E-state index in [1.165, 1.54) is 11.3 Å². The first kappa shape index (κ1) is 10.7. The van der Waals surface area contributed by atoms with E-state index in [0.29, 0.717) is 11.3 Å². The van der Waals surface area contributed by atoms with Crippen LogP contribution in [-0.4, -0.2) is 11.7 Å². The minimum absolute atomic E-state index is 0.106. The summed E-state index contributed by atoms with van der Waals surface area (Å²) in [6.07, 6.45) is -0.0979. The maximum absolute atomic E-state index is 12.9. The van der Waals surface area contributed by atoms with Crippen LogP contribution in [0.1, 0.15) is 33.8 Å². The Balaban J connectivity index is 2.10. The third-order valence-corrected chi connectivity index (χ3v) is 3.77. The zero-order valence-electron chi connectivity index (χ0n) is 8.43. The van der Waals surface area contributed by atoms with E-state index >= 15 is 0 Å². The van der Waals surface area contributed by atoms with Crippen molar-refractivity contribution in [2.24, 2.45) is 5.92 Å². The largest absolute Gasteiger partial charge is 0.293 e. The SMILES string of the molecule is Cc1ccc(C(=O)C2CCC(F)(F)C2)s1. The quantitative estimate of drug-likeness (QED) is 0.708. The molecule has 82 valence electrons.